The summed E-state index contributed by atoms with van der Waals surface area (Å²) < 4.78 is 8.66. The van der Waals surface area contributed by atoms with Gasteiger partial charge in [0.15, 0.2) is 5.88 Å². The topological polar surface area (TPSA) is 72.5 Å². The molecule has 130 valence electrons. The fourth-order valence-electron chi connectivity index (χ4n) is 2.63. The minimum absolute atomic E-state index is 0.139. The Kier molecular flexibility index (Phi) is 5.10. The fraction of sp³-hybridized carbons (Fsp3) is 0.235. The number of nitrogens with zero attached hydrogens (tertiary/aromatic N) is 4. The Balaban J connectivity index is 2.18. The maximum Gasteiger partial charge on any atom is 0.245 e. The van der Waals surface area contributed by atoms with Crippen molar-refractivity contribution < 1.29 is 9.84 Å². The standard InChI is InChI=1S/C17H16Br2N4O2/c1-20-17-21-13-4-5-23(2)16(24)10(14(13)22-17)6-9-7-11(18)15(25-3)12(19)8-9/h4-5,7-8,24H,6H2,1-3H3. The van der Waals surface area contributed by atoms with E-state index in [-0.39, 0.29) is 5.88 Å². The van der Waals surface area contributed by atoms with Gasteiger partial charge in [-0.2, -0.15) is 0 Å². The Morgan fingerprint density at radius 1 is 1.24 bits per heavy atom. The SMILES string of the molecule is CN=c1nc2ccn(C)c(O)c(Cc3cc(Br)c(OC)c(Br)c3)c-2n1. The third-order valence-corrected chi connectivity index (χ3v) is 5.04. The van der Waals surface area contributed by atoms with Gasteiger partial charge in [-0.1, -0.05) is 0 Å². The molecule has 0 radical (unpaired) electrons. The molecule has 2 aliphatic rings. The van der Waals surface area contributed by atoms with Crippen LogP contribution in [0.4, 0.5) is 0 Å². The molecule has 3 rings (SSSR count). The predicted octanol–water partition coefficient (Wildman–Crippen LogP) is 3.28. The molecule has 2 aliphatic heterocycles. The second-order valence-corrected chi connectivity index (χ2v) is 7.19. The van der Waals surface area contributed by atoms with Gasteiger partial charge in [-0.3, -0.25) is 4.99 Å². The van der Waals surface area contributed by atoms with Crippen LogP contribution in [-0.4, -0.2) is 33.8 Å². The van der Waals surface area contributed by atoms with E-state index >= 15 is 0 Å². The van der Waals surface area contributed by atoms with E-state index in [4.69, 9.17) is 4.74 Å². The van der Waals surface area contributed by atoms with Crippen molar-refractivity contribution in [2.24, 2.45) is 12.0 Å². The first kappa shape index (κ1) is 17.9. The first-order valence-corrected chi connectivity index (χ1v) is 9.03. The number of aromatic hydroxyl groups is 1. The van der Waals surface area contributed by atoms with Crippen LogP contribution in [0.15, 0.2) is 38.3 Å². The number of hydrogen-bond acceptors (Lipinski definition) is 5. The highest BCUT2D eigenvalue weighted by Gasteiger charge is 2.18. The number of benzene rings is 1. The largest absolute Gasteiger partial charge is 0.494 e. The van der Waals surface area contributed by atoms with Crippen molar-refractivity contribution in [1.82, 2.24) is 14.5 Å². The van der Waals surface area contributed by atoms with Crippen LogP contribution in [0.5, 0.6) is 11.6 Å². The van der Waals surface area contributed by atoms with Gasteiger partial charge in [-0.25, -0.2) is 9.97 Å². The second kappa shape index (κ2) is 7.13. The Morgan fingerprint density at radius 3 is 2.52 bits per heavy atom. The maximum atomic E-state index is 10.7. The molecule has 1 N–H and O–H groups in total. The van der Waals surface area contributed by atoms with Gasteiger partial charge in [0.05, 0.1) is 21.7 Å². The van der Waals surface area contributed by atoms with Crippen molar-refractivity contribution in [2.75, 3.05) is 14.2 Å². The summed E-state index contributed by atoms with van der Waals surface area (Å²) in [5.74, 6) is 0.864. The van der Waals surface area contributed by atoms with E-state index in [1.807, 2.05) is 18.2 Å². The van der Waals surface area contributed by atoms with Crippen molar-refractivity contribution in [3.63, 3.8) is 0 Å². The number of methoxy groups -OCH3 is 1. The maximum absolute atomic E-state index is 10.7. The molecule has 0 aromatic heterocycles. The van der Waals surface area contributed by atoms with E-state index in [0.29, 0.717) is 29.0 Å². The van der Waals surface area contributed by atoms with Gasteiger partial charge in [-0.15, -0.1) is 0 Å². The second-order valence-electron chi connectivity index (χ2n) is 5.48. The van der Waals surface area contributed by atoms with Gasteiger partial charge in [-0.05, 0) is 55.6 Å². The average Bonchev–Trinajstić information content (AvgIpc) is 2.95. The number of halogens is 2. The van der Waals surface area contributed by atoms with Crippen LogP contribution in [0.2, 0.25) is 0 Å². The molecular formula is C17H16Br2N4O2. The fourth-order valence-corrected chi connectivity index (χ4v) is 4.23. The van der Waals surface area contributed by atoms with Gasteiger partial charge in [0, 0.05) is 32.3 Å². The van der Waals surface area contributed by atoms with E-state index in [0.717, 1.165) is 20.3 Å². The highest BCUT2D eigenvalue weighted by Crippen LogP contribution is 2.36. The summed E-state index contributed by atoms with van der Waals surface area (Å²) in [5, 5.41) is 10.7. The molecule has 1 aromatic rings. The van der Waals surface area contributed by atoms with Crippen LogP contribution in [-0.2, 0) is 13.5 Å². The molecule has 6 nitrogen and oxygen atoms in total. The molecule has 0 atom stereocenters. The molecule has 25 heavy (non-hydrogen) atoms. The van der Waals surface area contributed by atoms with Gasteiger partial charge in [0.2, 0.25) is 5.62 Å². The van der Waals surface area contributed by atoms with Crippen LogP contribution in [0.1, 0.15) is 11.1 Å². The monoisotopic (exact) mass is 466 g/mol. The molecular weight excluding hydrogens is 452 g/mol. The van der Waals surface area contributed by atoms with E-state index in [9.17, 15) is 5.11 Å². The van der Waals surface area contributed by atoms with Crippen molar-refractivity contribution in [2.45, 2.75) is 6.42 Å². The molecule has 0 aliphatic carbocycles. The molecule has 2 heterocycles. The summed E-state index contributed by atoms with van der Waals surface area (Å²) in [4.78, 5) is 12.9. The smallest absolute Gasteiger partial charge is 0.245 e. The lowest BCUT2D eigenvalue weighted by atomic mass is 10.0. The number of hydrogen-bond donors (Lipinski definition) is 1. The van der Waals surface area contributed by atoms with Crippen molar-refractivity contribution in [3.05, 3.63) is 50.1 Å². The number of fused-ring (bicyclic) bond motifs is 1. The minimum Gasteiger partial charge on any atom is -0.494 e. The summed E-state index contributed by atoms with van der Waals surface area (Å²) in [6.45, 7) is 0. The van der Waals surface area contributed by atoms with Crippen LogP contribution in [0, 0.1) is 0 Å². The van der Waals surface area contributed by atoms with Gasteiger partial charge in [0.25, 0.3) is 0 Å². The van der Waals surface area contributed by atoms with E-state index in [1.165, 1.54) is 0 Å². The molecule has 0 saturated heterocycles. The van der Waals surface area contributed by atoms with Crippen LogP contribution in [0.3, 0.4) is 0 Å². The first-order chi connectivity index (χ1) is 11.9. The Hall–Kier alpha value is -1.93. The summed E-state index contributed by atoms with van der Waals surface area (Å²) in [6, 6.07) is 5.74. The molecule has 1 aromatic carbocycles. The highest BCUT2D eigenvalue weighted by atomic mass is 79.9. The zero-order valence-corrected chi connectivity index (χ0v) is 17.1. The van der Waals surface area contributed by atoms with E-state index < -0.39 is 0 Å². The van der Waals surface area contributed by atoms with E-state index in [1.54, 1.807) is 32.0 Å². The van der Waals surface area contributed by atoms with Gasteiger partial charge < -0.3 is 14.4 Å². The van der Waals surface area contributed by atoms with Crippen LogP contribution >= 0.6 is 31.9 Å². The summed E-state index contributed by atoms with van der Waals surface area (Å²) in [7, 11) is 5.04. The molecule has 0 spiro atoms. The number of ether oxygens (including phenoxy) is 1. The number of aryl methyl sites for hydroxylation is 1. The molecule has 0 amide bonds. The molecule has 0 fully saturated rings. The Morgan fingerprint density at radius 2 is 1.92 bits per heavy atom. The predicted molar refractivity (Wildman–Crippen MR) is 102 cm³/mol. The minimum atomic E-state index is 0.139. The van der Waals surface area contributed by atoms with E-state index in [2.05, 4.69) is 46.8 Å². The van der Waals surface area contributed by atoms with Crippen LogP contribution in [0.25, 0.3) is 11.4 Å². The van der Waals surface area contributed by atoms with Gasteiger partial charge in [0.1, 0.15) is 11.4 Å². The highest BCUT2D eigenvalue weighted by molar-refractivity contribution is 9.11. The number of imidazole rings is 1. The Bertz CT molecular complexity index is 962. The van der Waals surface area contributed by atoms with Crippen molar-refractivity contribution in [3.8, 4) is 23.0 Å². The lowest BCUT2D eigenvalue weighted by molar-refractivity contribution is 0.409. The number of rotatable bonds is 3. The quantitative estimate of drug-likeness (QED) is 0.641. The lowest BCUT2D eigenvalue weighted by Crippen LogP contribution is -2.04. The first-order valence-electron chi connectivity index (χ1n) is 7.44. The van der Waals surface area contributed by atoms with Crippen LogP contribution < -0.4 is 10.4 Å². The lowest BCUT2D eigenvalue weighted by Gasteiger charge is -2.11. The van der Waals surface area contributed by atoms with Crippen molar-refractivity contribution >= 4 is 31.9 Å². The third-order valence-electron chi connectivity index (χ3n) is 3.86. The molecule has 0 saturated carbocycles. The Labute approximate surface area is 161 Å². The summed E-state index contributed by atoms with van der Waals surface area (Å²) >= 11 is 7.03. The normalized spacial score (nSPS) is 12.0. The zero-order chi connectivity index (χ0) is 18.1. The zero-order valence-electron chi connectivity index (χ0n) is 13.9. The third kappa shape index (κ3) is 3.41. The summed E-state index contributed by atoms with van der Waals surface area (Å²) in [5.41, 5.74) is 3.41. The molecule has 8 heteroatoms. The average molecular weight is 468 g/mol. The summed E-state index contributed by atoms with van der Waals surface area (Å²) in [6.07, 6.45) is 2.24. The number of aromatic nitrogens is 3. The molecule has 0 unspecified atom stereocenters. The van der Waals surface area contributed by atoms with Gasteiger partial charge >= 0.3 is 0 Å². The molecule has 0 bridgehead atoms. The van der Waals surface area contributed by atoms with Crippen molar-refractivity contribution in [1.29, 1.82) is 0 Å².